The Morgan fingerprint density at radius 3 is 2.48 bits per heavy atom. The number of benzene rings is 2. The van der Waals surface area contributed by atoms with E-state index in [9.17, 15) is 5.11 Å². The molecule has 0 amide bonds. The van der Waals surface area contributed by atoms with E-state index in [0.29, 0.717) is 11.7 Å². The van der Waals surface area contributed by atoms with Gasteiger partial charge in [0.05, 0.1) is 10.9 Å². The largest absolute Gasteiger partial charge is 0.492 e. The SMILES string of the molecule is Cc1nc2sc([C@@H](c3ccc(Br)cc3)N3CCC(Cc4ccccc4)CC3)c(O)n2n1. The third kappa shape index (κ3) is 4.27. The summed E-state index contributed by atoms with van der Waals surface area (Å²) in [5, 5.41) is 15.4. The molecule has 7 heteroatoms. The van der Waals surface area contributed by atoms with Gasteiger partial charge in [0.25, 0.3) is 0 Å². The number of hydrogen-bond donors (Lipinski definition) is 1. The lowest BCUT2D eigenvalue weighted by Crippen LogP contribution is -2.37. The standard InChI is InChI=1S/C24H25BrN4OS/c1-16-26-24-29(27-16)23(30)22(31-24)21(19-7-9-20(25)10-8-19)28-13-11-18(12-14-28)15-17-5-3-2-4-6-17/h2-10,18,21,30H,11-15H2,1H3/t21-/m1/s1. The number of halogens is 1. The second kappa shape index (κ2) is 8.73. The molecule has 2 aromatic heterocycles. The van der Waals surface area contributed by atoms with Crippen molar-refractivity contribution in [3.8, 4) is 5.88 Å². The average molecular weight is 497 g/mol. The van der Waals surface area contributed by atoms with Crippen LogP contribution in [0.1, 0.15) is 40.7 Å². The molecule has 1 atom stereocenters. The van der Waals surface area contributed by atoms with E-state index in [4.69, 9.17) is 0 Å². The summed E-state index contributed by atoms with van der Waals surface area (Å²) in [4.78, 5) is 8.63. The molecular formula is C24H25BrN4OS. The Kier molecular flexibility index (Phi) is 5.82. The first-order valence-electron chi connectivity index (χ1n) is 10.7. The quantitative estimate of drug-likeness (QED) is 0.390. The van der Waals surface area contributed by atoms with Crippen molar-refractivity contribution < 1.29 is 5.11 Å². The van der Waals surface area contributed by atoms with Gasteiger partial charge in [-0.05, 0) is 68.5 Å². The maximum absolute atomic E-state index is 11.0. The van der Waals surface area contributed by atoms with Crippen molar-refractivity contribution in [2.24, 2.45) is 5.92 Å². The average Bonchev–Trinajstić information content (AvgIpc) is 3.29. The van der Waals surface area contributed by atoms with Gasteiger partial charge >= 0.3 is 0 Å². The molecule has 1 aliphatic rings. The number of aryl methyl sites for hydroxylation is 1. The maximum atomic E-state index is 11.0. The van der Waals surface area contributed by atoms with Crippen LogP contribution in [0.3, 0.4) is 0 Å². The zero-order valence-corrected chi connectivity index (χ0v) is 19.8. The third-order valence-corrected chi connectivity index (χ3v) is 7.72. The zero-order valence-electron chi connectivity index (χ0n) is 17.4. The molecule has 5 rings (SSSR count). The van der Waals surface area contributed by atoms with Crippen molar-refractivity contribution >= 4 is 32.2 Å². The van der Waals surface area contributed by atoms with Crippen molar-refractivity contribution in [3.05, 3.63) is 80.9 Å². The summed E-state index contributed by atoms with van der Waals surface area (Å²) in [6, 6.07) is 19.2. The fraction of sp³-hybridized carbons (Fsp3) is 0.333. The van der Waals surface area contributed by atoms with Gasteiger partial charge in [-0.1, -0.05) is 69.7 Å². The molecule has 0 radical (unpaired) electrons. The Bertz CT molecular complexity index is 1160. The minimum absolute atomic E-state index is 0.000388. The van der Waals surface area contributed by atoms with Gasteiger partial charge in [0.15, 0.2) is 0 Å². The van der Waals surface area contributed by atoms with Crippen molar-refractivity contribution in [2.75, 3.05) is 13.1 Å². The number of nitrogens with zero attached hydrogens (tertiary/aromatic N) is 4. The van der Waals surface area contributed by atoms with Crippen LogP contribution in [0.15, 0.2) is 59.1 Å². The molecule has 4 aromatic rings. The van der Waals surface area contributed by atoms with Gasteiger partial charge in [-0.2, -0.15) is 4.52 Å². The predicted molar refractivity (Wildman–Crippen MR) is 128 cm³/mol. The summed E-state index contributed by atoms with van der Waals surface area (Å²) in [5.74, 6) is 1.58. The molecule has 2 aromatic carbocycles. The molecule has 0 bridgehead atoms. The number of hydrogen-bond acceptors (Lipinski definition) is 5. The Hall–Kier alpha value is -2.22. The van der Waals surface area contributed by atoms with Gasteiger partial charge in [-0.3, -0.25) is 4.90 Å². The van der Waals surface area contributed by atoms with E-state index in [-0.39, 0.29) is 11.9 Å². The van der Waals surface area contributed by atoms with Gasteiger partial charge in [0, 0.05) is 4.47 Å². The van der Waals surface area contributed by atoms with Gasteiger partial charge in [-0.25, -0.2) is 4.98 Å². The van der Waals surface area contributed by atoms with Crippen LogP contribution in [-0.4, -0.2) is 37.7 Å². The van der Waals surface area contributed by atoms with Crippen molar-refractivity contribution in [3.63, 3.8) is 0 Å². The second-order valence-corrected chi connectivity index (χ2v) is 10.2. The van der Waals surface area contributed by atoms with Gasteiger partial charge in [-0.15, -0.1) is 5.10 Å². The molecule has 1 N–H and O–H groups in total. The van der Waals surface area contributed by atoms with E-state index >= 15 is 0 Å². The third-order valence-electron chi connectivity index (χ3n) is 6.12. The van der Waals surface area contributed by atoms with Crippen molar-refractivity contribution in [1.82, 2.24) is 19.5 Å². The zero-order chi connectivity index (χ0) is 21.4. The molecule has 0 spiro atoms. The number of thiazole rings is 1. The van der Waals surface area contributed by atoms with Gasteiger partial charge < -0.3 is 5.11 Å². The maximum Gasteiger partial charge on any atom is 0.230 e. The number of aromatic nitrogens is 3. The van der Waals surface area contributed by atoms with Crippen LogP contribution in [0.4, 0.5) is 0 Å². The summed E-state index contributed by atoms with van der Waals surface area (Å²) >= 11 is 5.08. The molecule has 0 saturated carbocycles. The van der Waals surface area contributed by atoms with E-state index in [1.54, 1.807) is 4.52 Å². The summed E-state index contributed by atoms with van der Waals surface area (Å²) in [6.45, 7) is 3.86. The van der Waals surface area contributed by atoms with E-state index in [2.05, 4.69) is 85.5 Å². The van der Waals surface area contributed by atoms with Crippen LogP contribution in [0.5, 0.6) is 5.88 Å². The monoisotopic (exact) mass is 496 g/mol. The summed E-state index contributed by atoms with van der Waals surface area (Å²) < 4.78 is 2.63. The van der Waals surface area contributed by atoms with E-state index in [0.717, 1.165) is 46.7 Å². The molecule has 1 fully saturated rings. The number of piperidine rings is 1. The Labute approximate surface area is 194 Å². The minimum atomic E-state index is -0.000388. The first-order chi connectivity index (χ1) is 15.1. The molecule has 5 nitrogen and oxygen atoms in total. The molecule has 160 valence electrons. The highest BCUT2D eigenvalue weighted by molar-refractivity contribution is 9.10. The smallest absolute Gasteiger partial charge is 0.230 e. The highest BCUT2D eigenvalue weighted by Crippen LogP contribution is 2.41. The summed E-state index contributed by atoms with van der Waals surface area (Å²) in [5.41, 5.74) is 2.60. The Morgan fingerprint density at radius 2 is 1.81 bits per heavy atom. The minimum Gasteiger partial charge on any atom is -0.492 e. The highest BCUT2D eigenvalue weighted by atomic mass is 79.9. The number of aromatic hydroxyl groups is 1. The lowest BCUT2D eigenvalue weighted by molar-refractivity contribution is 0.150. The molecule has 3 heterocycles. The lowest BCUT2D eigenvalue weighted by Gasteiger charge is -2.37. The summed E-state index contributed by atoms with van der Waals surface area (Å²) in [7, 11) is 0. The fourth-order valence-corrected chi connectivity index (χ4v) is 5.99. The van der Waals surface area contributed by atoms with Crippen LogP contribution >= 0.6 is 27.3 Å². The van der Waals surface area contributed by atoms with Crippen LogP contribution < -0.4 is 0 Å². The first-order valence-corrected chi connectivity index (χ1v) is 12.3. The number of likely N-dealkylation sites (tertiary alicyclic amines) is 1. The molecule has 1 saturated heterocycles. The molecule has 0 unspecified atom stereocenters. The fourth-order valence-electron chi connectivity index (χ4n) is 4.56. The predicted octanol–water partition coefficient (Wildman–Crippen LogP) is 5.61. The van der Waals surface area contributed by atoms with Crippen molar-refractivity contribution in [2.45, 2.75) is 32.2 Å². The van der Waals surface area contributed by atoms with Crippen molar-refractivity contribution in [1.29, 1.82) is 0 Å². The van der Waals surface area contributed by atoms with Crippen LogP contribution in [0.2, 0.25) is 0 Å². The molecule has 0 aliphatic carbocycles. The van der Waals surface area contributed by atoms with Gasteiger partial charge in [0.2, 0.25) is 10.8 Å². The van der Waals surface area contributed by atoms with Crippen LogP contribution in [-0.2, 0) is 6.42 Å². The van der Waals surface area contributed by atoms with Gasteiger partial charge in [0.1, 0.15) is 5.82 Å². The normalized spacial score (nSPS) is 16.7. The topological polar surface area (TPSA) is 53.7 Å². The molecule has 31 heavy (non-hydrogen) atoms. The van der Waals surface area contributed by atoms with Crippen LogP contribution in [0.25, 0.3) is 4.96 Å². The molecule has 1 aliphatic heterocycles. The Balaban J connectivity index is 1.42. The van der Waals surface area contributed by atoms with E-state index < -0.39 is 0 Å². The van der Waals surface area contributed by atoms with Crippen LogP contribution in [0, 0.1) is 12.8 Å². The summed E-state index contributed by atoms with van der Waals surface area (Å²) in [6.07, 6.45) is 3.45. The molecular weight excluding hydrogens is 472 g/mol. The lowest BCUT2D eigenvalue weighted by atomic mass is 9.89. The van der Waals surface area contributed by atoms with E-state index in [1.165, 1.54) is 22.5 Å². The number of fused-ring (bicyclic) bond motifs is 1. The Morgan fingerprint density at radius 1 is 1.10 bits per heavy atom. The van der Waals surface area contributed by atoms with E-state index in [1.807, 2.05) is 6.92 Å². The highest BCUT2D eigenvalue weighted by Gasteiger charge is 2.32. The number of rotatable bonds is 5. The first kappa shape index (κ1) is 20.7. The second-order valence-electron chi connectivity index (χ2n) is 8.27.